The molecule has 2 nitrogen and oxygen atoms in total. The van der Waals surface area contributed by atoms with E-state index in [0.29, 0.717) is 0 Å². The van der Waals surface area contributed by atoms with Crippen LogP contribution in [0.2, 0.25) is 0 Å². The van der Waals surface area contributed by atoms with Crippen molar-refractivity contribution < 1.29 is 0 Å². The normalized spacial score (nSPS) is 10.3. The number of hydrogen-bond acceptors (Lipinski definition) is 4. The highest BCUT2D eigenvalue weighted by Gasteiger charge is 2.07. The molecule has 0 unspecified atom stereocenters. The molecule has 0 saturated heterocycles. The third kappa shape index (κ3) is 1.59. The Kier molecular flexibility index (Phi) is 2.33. The number of aryl methyl sites for hydroxylation is 1. The average molecular weight is 210 g/mol. The summed E-state index contributed by atoms with van der Waals surface area (Å²) in [5.41, 5.74) is 1.08. The first kappa shape index (κ1) is 8.72. The Morgan fingerprint density at radius 2 is 2.31 bits per heavy atom. The van der Waals surface area contributed by atoms with Gasteiger partial charge in [-0.3, -0.25) is 0 Å². The molecule has 0 radical (unpaired) electrons. The molecule has 0 aliphatic heterocycles. The van der Waals surface area contributed by atoms with Crippen LogP contribution in [0.3, 0.4) is 0 Å². The molecule has 2 aromatic rings. The van der Waals surface area contributed by atoms with Crippen molar-refractivity contribution in [3.05, 3.63) is 23.2 Å². The summed E-state index contributed by atoms with van der Waals surface area (Å²) in [6.45, 7) is 2.03. The van der Waals surface area contributed by atoms with Crippen LogP contribution in [0.25, 0.3) is 9.88 Å². The predicted octanol–water partition coefficient (Wildman–Crippen LogP) is 3.22. The van der Waals surface area contributed by atoms with Crippen molar-refractivity contribution in [2.24, 2.45) is 0 Å². The minimum atomic E-state index is 1.08. The van der Waals surface area contributed by atoms with Gasteiger partial charge in [-0.15, -0.1) is 11.3 Å². The number of thiophene rings is 1. The highest BCUT2D eigenvalue weighted by molar-refractivity contribution is 7.23. The molecule has 0 fully saturated rings. The zero-order valence-electron chi connectivity index (χ0n) is 7.50. The first-order valence-electron chi connectivity index (χ1n) is 4.00. The Morgan fingerprint density at radius 3 is 2.85 bits per heavy atom. The zero-order valence-corrected chi connectivity index (χ0v) is 9.13. The van der Waals surface area contributed by atoms with E-state index in [9.17, 15) is 0 Å². The SMILES string of the molecule is CNc1sc(-c2cccs2)nc1C. The molecular weight excluding hydrogens is 200 g/mol. The highest BCUT2D eigenvalue weighted by atomic mass is 32.1. The van der Waals surface area contributed by atoms with Gasteiger partial charge in [0.1, 0.15) is 10.0 Å². The molecule has 13 heavy (non-hydrogen) atoms. The molecule has 4 heteroatoms. The lowest BCUT2D eigenvalue weighted by Gasteiger charge is -1.90. The molecule has 0 atom stereocenters. The summed E-state index contributed by atoms with van der Waals surface area (Å²) in [6, 6.07) is 4.15. The fraction of sp³-hybridized carbons (Fsp3) is 0.222. The van der Waals surface area contributed by atoms with Gasteiger partial charge in [-0.2, -0.15) is 0 Å². The van der Waals surface area contributed by atoms with Crippen LogP contribution < -0.4 is 5.32 Å². The Labute approximate surface area is 85.3 Å². The smallest absolute Gasteiger partial charge is 0.135 e. The van der Waals surface area contributed by atoms with Crippen LogP contribution in [-0.2, 0) is 0 Å². The van der Waals surface area contributed by atoms with Crippen LogP contribution in [0.1, 0.15) is 5.69 Å². The maximum Gasteiger partial charge on any atom is 0.135 e. The topological polar surface area (TPSA) is 24.9 Å². The third-order valence-corrected chi connectivity index (χ3v) is 3.97. The van der Waals surface area contributed by atoms with Crippen LogP contribution in [0.4, 0.5) is 5.00 Å². The summed E-state index contributed by atoms with van der Waals surface area (Å²) in [6.07, 6.45) is 0. The van der Waals surface area contributed by atoms with Gasteiger partial charge in [-0.1, -0.05) is 17.4 Å². The van der Waals surface area contributed by atoms with Gasteiger partial charge in [-0.25, -0.2) is 4.98 Å². The molecule has 2 aromatic heterocycles. The van der Waals surface area contributed by atoms with Crippen molar-refractivity contribution in [2.45, 2.75) is 6.92 Å². The summed E-state index contributed by atoms with van der Waals surface area (Å²) >= 11 is 3.43. The minimum absolute atomic E-state index is 1.08. The van der Waals surface area contributed by atoms with Gasteiger partial charge < -0.3 is 5.32 Å². The number of anilines is 1. The fourth-order valence-corrected chi connectivity index (χ4v) is 2.85. The van der Waals surface area contributed by atoms with E-state index in [1.807, 2.05) is 14.0 Å². The number of nitrogens with zero attached hydrogens (tertiary/aromatic N) is 1. The van der Waals surface area contributed by atoms with E-state index >= 15 is 0 Å². The van der Waals surface area contributed by atoms with E-state index in [-0.39, 0.29) is 0 Å². The van der Waals surface area contributed by atoms with E-state index in [2.05, 4.69) is 27.8 Å². The third-order valence-electron chi connectivity index (χ3n) is 1.76. The fourth-order valence-electron chi connectivity index (χ4n) is 1.13. The second-order valence-corrected chi connectivity index (χ2v) is 4.61. The molecule has 1 N–H and O–H groups in total. The molecule has 2 heterocycles. The van der Waals surface area contributed by atoms with Crippen molar-refractivity contribution in [1.82, 2.24) is 4.98 Å². The monoisotopic (exact) mass is 210 g/mol. The van der Waals surface area contributed by atoms with Gasteiger partial charge in [0.15, 0.2) is 0 Å². The number of hydrogen-bond donors (Lipinski definition) is 1. The molecule has 0 amide bonds. The lowest BCUT2D eigenvalue weighted by Crippen LogP contribution is -1.85. The molecule has 0 aliphatic carbocycles. The second kappa shape index (κ2) is 3.47. The van der Waals surface area contributed by atoms with E-state index < -0.39 is 0 Å². The molecule has 68 valence electrons. The number of nitrogens with one attached hydrogen (secondary N) is 1. The summed E-state index contributed by atoms with van der Waals surface area (Å²) in [4.78, 5) is 5.74. The van der Waals surface area contributed by atoms with Gasteiger partial charge in [-0.05, 0) is 18.4 Å². The minimum Gasteiger partial charge on any atom is -0.378 e. The van der Waals surface area contributed by atoms with Crippen molar-refractivity contribution in [1.29, 1.82) is 0 Å². The predicted molar refractivity (Wildman–Crippen MR) is 59.7 cm³/mol. The van der Waals surface area contributed by atoms with Crippen LogP contribution in [0, 0.1) is 6.92 Å². The molecule has 0 bridgehead atoms. The van der Waals surface area contributed by atoms with Crippen LogP contribution >= 0.6 is 22.7 Å². The summed E-state index contributed by atoms with van der Waals surface area (Å²) < 4.78 is 0. The first-order chi connectivity index (χ1) is 6.31. The molecular formula is C9H10N2S2. The van der Waals surface area contributed by atoms with E-state index in [4.69, 9.17) is 0 Å². The van der Waals surface area contributed by atoms with Crippen molar-refractivity contribution in [3.8, 4) is 9.88 Å². The van der Waals surface area contributed by atoms with Gasteiger partial charge in [0.25, 0.3) is 0 Å². The highest BCUT2D eigenvalue weighted by Crippen LogP contribution is 2.33. The zero-order chi connectivity index (χ0) is 9.26. The van der Waals surface area contributed by atoms with E-state index in [0.717, 1.165) is 15.7 Å². The lowest BCUT2D eigenvalue weighted by atomic mass is 10.5. The lowest BCUT2D eigenvalue weighted by molar-refractivity contribution is 1.26. The Bertz CT molecular complexity index is 390. The van der Waals surface area contributed by atoms with Crippen LogP contribution in [0.5, 0.6) is 0 Å². The van der Waals surface area contributed by atoms with Gasteiger partial charge in [0, 0.05) is 7.05 Å². The number of thiazole rings is 1. The first-order valence-corrected chi connectivity index (χ1v) is 5.70. The maximum atomic E-state index is 4.49. The largest absolute Gasteiger partial charge is 0.378 e. The number of aromatic nitrogens is 1. The number of rotatable bonds is 2. The second-order valence-electron chi connectivity index (χ2n) is 2.66. The summed E-state index contributed by atoms with van der Waals surface area (Å²) in [5.74, 6) is 0. The van der Waals surface area contributed by atoms with Gasteiger partial charge >= 0.3 is 0 Å². The summed E-state index contributed by atoms with van der Waals surface area (Å²) in [7, 11) is 1.93. The maximum absolute atomic E-state index is 4.49. The molecule has 0 aliphatic rings. The molecule has 0 spiro atoms. The Morgan fingerprint density at radius 1 is 1.46 bits per heavy atom. The van der Waals surface area contributed by atoms with Crippen molar-refractivity contribution in [3.63, 3.8) is 0 Å². The van der Waals surface area contributed by atoms with Crippen LogP contribution in [0.15, 0.2) is 17.5 Å². The van der Waals surface area contributed by atoms with Crippen LogP contribution in [-0.4, -0.2) is 12.0 Å². The van der Waals surface area contributed by atoms with Gasteiger partial charge in [0.2, 0.25) is 0 Å². The standard InChI is InChI=1S/C9H10N2S2/c1-6-8(10-2)13-9(11-6)7-4-3-5-12-7/h3-5,10H,1-2H3. The summed E-state index contributed by atoms with van der Waals surface area (Å²) in [5, 5.41) is 7.48. The Balaban J connectivity index is 2.43. The van der Waals surface area contributed by atoms with E-state index in [1.54, 1.807) is 22.7 Å². The van der Waals surface area contributed by atoms with Gasteiger partial charge in [0.05, 0.1) is 10.6 Å². The van der Waals surface area contributed by atoms with E-state index in [1.165, 1.54) is 4.88 Å². The average Bonchev–Trinajstić information content (AvgIpc) is 2.71. The Hall–Kier alpha value is -0.870. The van der Waals surface area contributed by atoms with Crippen molar-refractivity contribution >= 4 is 27.7 Å². The van der Waals surface area contributed by atoms with Crippen molar-refractivity contribution in [2.75, 3.05) is 12.4 Å². The molecule has 2 rings (SSSR count). The quantitative estimate of drug-likeness (QED) is 0.823. The molecule has 0 aromatic carbocycles. The molecule has 0 saturated carbocycles.